The first-order chi connectivity index (χ1) is 42.0. The van der Waals surface area contributed by atoms with Gasteiger partial charge in [0.1, 0.15) is 0 Å². The molecular formula is C79H155NO5. The highest BCUT2D eigenvalue weighted by Gasteiger charge is 2.18. The molecule has 1 amide bonds. The van der Waals surface area contributed by atoms with Crippen LogP contribution in [-0.4, -0.2) is 47.4 Å². The van der Waals surface area contributed by atoms with Crippen LogP contribution in [0.2, 0.25) is 0 Å². The van der Waals surface area contributed by atoms with Crippen molar-refractivity contribution in [1.29, 1.82) is 0 Å². The molecule has 0 fully saturated rings. The third kappa shape index (κ3) is 71.6. The highest BCUT2D eigenvalue weighted by Crippen LogP contribution is 2.20. The summed E-state index contributed by atoms with van der Waals surface area (Å²) in [6.45, 7) is 4.95. The minimum atomic E-state index is -0.838. The van der Waals surface area contributed by atoms with Crippen LogP contribution in [0.5, 0.6) is 0 Å². The molecule has 0 rings (SSSR count). The first kappa shape index (κ1) is 83.6. The topological polar surface area (TPSA) is 95.9 Å². The second kappa shape index (κ2) is 75.1. The lowest BCUT2D eigenvalue weighted by Gasteiger charge is -2.20. The molecule has 0 aromatic carbocycles. The van der Waals surface area contributed by atoms with Crippen LogP contribution in [0.4, 0.5) is 0 Å². The van der Waals surface area contributed by atoms with Crippen molar-refractivity contribution in [3.63, 3.8) is 0 Å². The number of carbonyl (C=O) groups is 2. The summed E-state index contributed by atoms with van der Waals surface area (Å²) in [5.74, 6) is -0.0311. The van der Waals surface area contributed by atoms with E-state index in [9.17, 15) is 19.8 Å². The fourth-order valence-corrected chi connectivity index (χ4v) is 12.8. The Morgan fingerprint density at radius 3 is 0.800 bits per heavy atom. The van der Waals surface area contributed by atoms with Gasteiger partial charge in [-0.15, -0.1) is 0 Å². The van der Waals surface area contributed by atoms with Gasteiger partial charge in [0.25, 0.3) is 0 Å². The third-order valence-corrected chi connectivity index (χ3v) is 18.8. The Bertz CT molecular complexity index is 1290. The Labute approximate surface area is 533 Å². The van der Waals surface area contributed by atoms with Gasteiger partial charge in [-0.25, -0.2) is 0 Å². The highest BCUT2D eigenvalue weighted by atomic mass is 16.5. The monoisotopic (exact) mass is 1200 g/mol. The fraction of sp³-hybridized carbons (Fsp3) is 0.949. The number of aliphatic hydroxyl groups excluding tert-OH is 2. The Hall–Kier alpha value is -1.40. The maximum absolute atomic E-state index is 12.5. The van der Waals surface area contributed by atoms with E-state index in [-0.39, 0.29) is 18.5 Å². The average Bonchev–Trinajstić information content (AvgIpc) is 3.52. The van der Waals surface area contributed by atoms with E-state index in [0.29, 0.717) is 19.4 Å². The molecule has 0 aromatic heterocycles. The number of aliphatic hydroxyl groups is 2. The molecule has 6 heteroatoms. The summed E-state index contributed by atoms with van der Waals surface area (Å²) in [6, 6.07) is -0.621. The number of hydrogen-bond acceptors (Lipinski definition) is 5. The van der Waals surface area contributed by atoms with Gasteiger partial charge in [-0.2, -0.15) is 0 Å². The number of hydrogen-bond donors (Lipinski definition) is 3. The van der Waals surface area contributed by atoms with E-state index >= 15 is 0 Å². The summed E-state index contributed by atoms with van der Waals surface area (Å²) >= 11 is 0. The number of esters is 1. The van der Waals surface area contributed by atoms with Crippen molar-refractivity contribution in [3.05, 3.63) is 12.2 Å². The molecule has 0 saturated heterocycles. The zero-order valence-electron chi connectivity index (χ0n) is 58.1. The summed E-state index contributed by atoms with van der Waals surface area (Å²) in [5, 5.41) is 23.1. The van der Waals surface area contributed by atoms with Gasteiger partial charge >= 0.3 is 5.97 Å². The number of amides is 1. The van der Waals surface area contributed by atoms with Crippen LogP contribution in [0.25, 0.3) is 0 Å². The van der Waals surface area contributed by atoms with Crippen LogP contribution in [0, 0.1) is 0 Å². The van der Waals surface area contributed by atoms with E-state index in [0.717, 1.165) is 38.5 Å². The average molecular weight is 1200 g/mol. The van der Waals surface area contributed by atoms with E-state index in [2.05, 4.69) is 19.2 Å². The number of nitrogens with one attached hydrogen (secondary N) is 1. The maximum atomic E-state index is 12.5. The Morgan fingerprint density at radius 1 is 0.318 bits per heavy atom. The second-order valence-corrected chi connectivity index (χ2v) is 27.4. The van der Waals surface area contributed by atoms with Gasteiger partial charge < -0.3 is 20.3 Å². The molecule has 2 atom stereocenters. The van der Waals surface area contributed by atoms with Gasteiger partial charge in [0.05, 0.1) is 25.4 Å². The molecule has 0 heterocycles. The van der Waals surface area contributed by atoms with E-state index in [1.807, 2.05) is 6.08 Å². The van der Waals surface area contributed by atoms with Crippen molar-refractivity contribution in [2.75, 3.05) is 13.2 Å². The zero-order valence-corrected chi connectivity index (χ0v) is 58.1. The molecule has 0 aromatic rings. The lowest BCUT2D eigenvalue weighted by Crippen LogP contribution is -2.45. The largest absolute Gasteiger partial charge is 0.466 e. The molecule has 0 saturated carbocycles. The fourth-order valence-electron chi connectivity index (χ4n) is 12.8. The molecule has 3 N–H and O–H groups in total. The predicted octanol–water partition coefficient (Wildman–Crippen LogP) is 25.9. The summed E-state index contributed by atoms with van der Waals surface area (Å²) in [6.07, 6.45) is 95.0. The molecule has 6 nitrogen and oxygen atoms in total. The van der Waals surface area contributed by atoms with Crippen molar-refractivity contribution in [2.24, 2.45) is 0 Å². The van der Waals surface area contributed by atoms with Crippen molar-refractivity contribution in [1.82, 2.24) is 5.32 Å². The molecule has 0 spiro atoms. The van der Waals surface area contributed by atoms with Crippen LogP contribution in [0.3, 0.4) is 0 Å². The first-order valence-corrected chi connectivity index (χ1v) is 39.5. The maximum Gasteiger partial charge on any atom is 0.305 e. The summed E-state index contributed by atoms with van der Waals surface area (Å²) in [4.78, 5) is 24.6. The number of rotatable bonds is 75. The Balaban J connectivity index is 3.27. The molecule has 85 heavy (non-hydrogen) atoms. The summed E-state index contributed by atoms with van der Waals surface area (Å²) in [5.41, 5.74) is 0. The van der Waals surface area contributed by atoms with Crippen molar-refractivity contribution in [2.45, 2.75) is 469 Å². The molecule has 0 radical (unpaired) electrons. The quantitative estimate of drug-likeness (QED) is 0.0320. The minimum Gasteiger partial charge on any atom is -0.466 e. The van der Waals surface area contributed by atoms with E-state index in [1.165, 1.54) is 392 Å². The van der Waals surface area contributed by atoms with Crippen LogP contribution >= 0.6 is 0 Å². The standard InChI is InChI=1S/C79H155NO5/c1-3-5-7-9-11-13-15-17-18-42-46-49-53-57-61-65-69-73-79(84)85-74-70-66-62-58-54-50-47-44-41-39-37-35-33-31-29-27-25-23-21-19-20-22-24-26-28-30-32-34-36-38-40-43-45-48-52-56-60-64-68-72-78(83)80-76(75-81)77(82)71-67-63-59-55-51-16-14-12-10-8-6-4-2/h67,71,76-77,81-82H,3-66,68-70,72-75H2,1-2H3,(H,80,83)/b71-67+. The van der Waals surface area contributed by atoms with Gasteiger partial charge in [0, 0.05) is 12.8 Å². The normalized spacial score (nSPS) is 12.5. The van der Waals surface area contributed by atoms with E-state index in [1.54, 1.807) is 6.08 Å². The first-order valence-electron chi connectivity index (χ1n) is 39.5. The van der Waals surface area contributed by atoms with Gasteiger partial charge in [0.15, 0.2) is 0 Å². The summed E-state index contributed by atoms with van der Waals surface area (Å²) in [7, 11) is 0. The zero-order chi connectivity index (χ0) is 61.3. The Kier molecular flexibility index (Phi) is 73.8. The molecule has 0 aliphatic carbocycles. The van der Waals surface area contributed by atoms with Crippen LogP contribution in [0.15, 0.2) is 12.2 Å². The molecule has 0 bridgehead atoms. The third-order valence-electron chi connectivity index (χ3n) is 18.8. The SMILES string of the molecule is CCCCCCCCCCCC/C=C/C(O)C(CO)NC(=O)CCCCCCCCCCCCCCCCCCCCCCCCCCCCCCCCCCCCCCCCCOC(=O)CCCCCCCCCCCCCCCCCCC. The van der Waals surface area contributed by atoms with Gasteiger partial charge in [-0.1, -0.05) is 424 Å². The van der Waals surface area contributed by atoms with Gasteiger partial charge in [0.2, 0.25) is 5.91 Å². The van der Waals surface area contributed by atoms with Gasteiger partial charge in [-0.3, -0.25) is 9.59 Å². The number of ether oxygens (including phenoxy) is 1. The van der Waals surface area contributed by atoms with Crippen LogP contribution < -0.4 is 5.32 Å². The predicted molar refractivity (Wildman–Crippen MR) is 375 cm³/mol. The number of unbranched alkanes of at least 4 members (excludes halogenated alkanes) is 64. The van der Waals surface area contributed by atoms with Gasteiger partial charge in [-0.05, 0) is 32.1 Å². The highest BCUT2D eigenvalue weighted by molar-refractivity contribution is 5.76. The molecule has 0 aliphatic heterocycles. The van der Waals surface area contributed by atoms with Crippen LogP contribution in [-0.2, 0) is 14.3 Å². The lowest BCUT2D eigenvalue weighted by molar-refractivity contribution is -0.143. The molecule has 0 aliphatic rings. The van der Waals surface area contributed by atoms with E-state index < -0.39 is 12.1 Å². The smallest absolute Gasteiger partial charge is 0.305 e. The van der Waals surface area contributed by atoms with E-state index in [4.69, 9.17) is 4.74 Å². The van der Waals surface area contributed by atoms with Crippen LogP contribution in [0.1, 0.15) is 457 Å². The number of carbonyl (C=O) groups excluding carboxylic acids is 2. The van der Waals surface area contributed by atoms with Crippen molar-refractivity contribution >= 4 is 11.9 Å². The molecule has 2 unspecified atom stereocenters. The number of allylic oxidation sites excluding steroid dienone is 1. The summed E-state index contributed by atoms with van der Waals surface area (Å²) < 4.78 is 5.52. The molecular weight excluding hydrogens is 1040 g/mol. The lowest BCUT2D eigenvalue weighted by atomic mass is 10.0. The van der Waals surface area contributed by atoms with Crippen molar-refractivity contribution < 1.29 is 24.5 Å². The second-order valence-electron chi connectivity index (χ2n) is 27.4. The Morgan fingerprint density at radius 2 is 0.541 bits per heavy atom. The minimum absolute atomic E-state index is 0.0289. The molecule has 506 valence electrons. The van der Waals surface area contributed by atoms with Crippen molar-refractivity contribution in [3.8, 4) is 0 Å².